The van der Waals surface area contributed by atoms with Crippen LogP contribution in [0.5, 0.6) is 17.2 Å². The summed E-state index contributed by atoms with van der Waals surface area (Å²) in [5.74, 6) is 2.43. The van der Waals surface area contributed by atoms with Gasteiger partial charge in [-0.3, -0.25) is 0 Å². The van der Waals surface area contributed by atoms with Crippen LogP contribution in [0, 0.1) is 6.92 Å². The number of aromatic hydroxyl groups is 1. The van der Waals surface area contributed by atoms with Gasteiger partial charge in [-0.25, -0.2) is 4.98 Å². The first-order valence-corrected chi connectivity index (χ1v) is 8.60. The molecule has 1 aliphatic rings. The van der Waals surface area contributed by atoms with E-state index in [2.05, 4.69) is 10.3 Å². The minimum absolute atomic E-state index is 0.209. The molecule has 5 heteroatoms. The van der Waals surface area contributed by atoms with Gasteiger partial charge in [-0.15, -0.1) is 0 Å². The van der Waals surface area contributed by atoms with Crippen LogP contribution in [0.15, 0.2) is 48.5 Å². The van der Waals surface area contributed by atoms with Gasteiger partial charge in [0.2, 0.25) is 6.79 Å². The van der Waals surface area contributed by atoms with Crippen LogP contribution in [0.25, 0.3) is 22.4 Å². The summed E-state index contributed by atoms with van der Waals surface area (Å²) in [6.45, 7) is 4.99. The molecule has 0 spiro atoms. The van der Waals surface area contributed by atoms with Crippen molar-refractivity contribution in [3.8, 4) is 39.6 Å². The topological polar surface area (TPSA) is 63.6 Å². The third-order valence-corrected chi connectivity index (χ3v) is 4.32. The highest BCUT2D eigenvalue weighted by atomic mass is 16.7. The van der Waals surface area contributed by atoms with Crippen molar-refractivity contribution in [2.75, 3.05) is 18.7 Å². The Morgan fingerprint density at radius 1 is 1.08 bits per heavy atom. The van der Waals surface area contributed by atoms with Crippen molar-refractivity contribution in [3.63, 3.8) is 0 Å². The number of para-hydroxylation sites is 1. The Morgan fingerprint density at radius 3 is 2.81 bits per heavy atom. The molecule has 0 fully saturated rings. The molecule has 3 aromatic rings. The number of aryl methyl sites for hydroxylation is 1. The minimum Gasteiger partial charge on any atom is -0.507 e. The zero-order valence-corrected chi connectivity index (χ0v) is 14.7. The molecule has 0 saturated carbocycles. The Morgan fingerprint density at radius 2 is 1.96 bits per heavy atom. The van der Waals surface area contributed by atoms with Crippen molar-refractivity contribution in [1.82, 2.24) is 4.98 Å². The lowest BCUT2D eigenvalue weighted by Gasteiger charge is -2.13. The van der Waals surface area contributed by atoms with Gasteiger partial charge in [0.15, 0.2) is 11.5 Å². The maximum atomic E-state index is 10.3. The largest absolute Gasteiger partial charge is 0.507 e. The highest BCUT2D eigenvalue weighted by molar-refractivity contribution is 5.80. The second-order valence-corrected chi connectivity index (χ2v) is 6.22. The molecule has 1 aliphatic heterocycles. The standard InChI is InChI=1S/C21H20N2O3/c1-3-22-20-11-14(15-5-4-6-19-21(15)26-12-25-19)10-17(23-20)16-9-13(2)7-8-18(16)24/h4-11,24H,3,12H2,1-2H3,(H,22,23). The predicted molar refractivity (Wildman–Crippen MR) is 102 cm³/mol. The van der Waals surface area contributed by atoms with Crippen molar-refractivity contribution in [2.24, 2.45) is 0 Å². The number of benzene rings is 2. The van der Waals surface area contributed by atoms with E-state index in [9.17, 15) is 5.11 Å². The van der Waals surface area contributed by atoms with Crippen molar-refractivity contribution < 1.29 is 14.6 Å². The number of nitrogens with zero attached hydrogens (tertiary/aromatic N) is 1. The highest BCUT2D eigenvalue weighted by Crippen LogP contribution is 2.42. The molecule has 2 aromatic carbocycles. The third kappa shape index (κ3) is 2.92. The molecule has 132 valence electrons. The van der Waals surface area contributed by atoms with Crippen LogP contribution in [0.3, 0.4) is 0 Å². The molecule has 0 unspecified atom stereocenters. The van der Waals surface area contributed by atoms with E-state index < -0.39 is 0 Å². The van der Waals surface area contributed by atoms with E-state index in [0.717, 1.165) is 40.6 Å². The van der Waals surface area contributed by atoms with Crippen LogP contribution in [-0.4, -0.2) is 23.4 Å². The van der Waals surface area contributed by atoms with E-state index in [0.29, 0.717) is 11.3 Å². The Kier molecular flexibility index (Phi) is 4.13. The predicted octanol–water partition coefficient (Wildman–Crippen LogP) is 4.59. The van der Waals surface area contributed by atoms with E-state index in [1.165, 1.54) is 0 Å². The number of nitrogens with one attached hydrogen (secondary N) is 1. The summed E-state index contributed by atoms with van der Waals surface area (Å²) in [7, 11) is 0. The van der Waals surface area contributed by atoms with Gasteiger partial charge in [0.25, 0.3) is 0 Å². The smallest absolute Gasteiger partial charge is 0.231 e. The van der Waals surface area contributed by atoms with Gasteiger partial charge >= 0.3 is 0 Å². The van der Waals surface area contributed by atoms with Gasteiger partial charge in [-0.1, -0.05) is 23.8 Å². The van der Waals surface area contributed by atoms with Gasteiger partial charge in [0, 0.05) is 17.7 Å². The van der Waals surface area contributed by atoms with E-state index >= 15 is 0 Å². The summed E-state index contributed by atoms with van der Waals surface area (Å²) in [4.78, 5) is 4.67. The average Bonchev–Trinajstić information content (AvgIpc) is 3.12. The van der Waals surface area contributed by atoms with Gasteiger partial charge in [-0.05, 0) is 49.7 Å². The molecule has 5 nitrogen and oxygen atoms in total. The average molecular weight is 348 g/mol. The number of hydrogen-bond donors (Lipinski definition) is 2. The van der Waals surface area contributed by atoms with E-state index in [1.807, 2.05) is 56.3 Å². The quantitative estimate of drug-likeness (QED) is 0.722. The fourth-order valence-corrected chi connectivity index (χ4v) is 3.11. The van der Waals surface area contributed by atoms with Crippen LogP contribution in [-0.2, 0) is 0 Å². The summed E-state index contributed by atoms with van der Waals surface area (Å²) < 4.78 is 11.2. The first kappa shape index (κ1) is 16.3. The second-order valence-electron chi connectivity index (χ2n) is 6.22. The van der Waals surface area contributed by atoms with Crippen LogP contribution < -0.4 is 14.8 Å². The van der Waals surface area contributed by atoms with Crippen molar-refractivity contribution in [3.05, 3.63) is 54.1 Å². The van der Waals surface area contributed by atoms with Gasteiger partial charge in [0.05, 0.1) is 5.69 Å². The first-order valence-electron chi connectivity index (χ1n) is 8.60. The van der Waals surface area contributed by atoms with E-state index in [4.69, 9.17) is 9.47 Å². The number of hydrogen-bond acceptors (Lipinski definition) is 5. The van der Waals surface area contributed by atoms with Crippen LogP contribution in [0.2, 0.25) is 0 Å². The highest BCUT2D eigenvalue weighted by Gasteiger charge is 2.20. The van der Waals surface area contributed by atoms with Crippen LogP contribution >= 0.6 is 0 Å². The Labute approximate surface area is 152 Å². The number of rotatable bonds is 4. The lowest BCUT2D eigenvalue weighted by atomic mass is 10.0. The Balaban J connectivity index is 1.90. The fraction of sp³-hybridized carbons (Fsp3) is 0.190. The third-order valence-electron chi connectivity index (χ3n) is 4.32. The first-order chi connectivity index (χ1) is 12.7. The lowest BCUT2D eigenvalue weighted by Crippen LogP contribution is -2.01. The Bertz CT molecular complexity index is 969. The number of pyridine rings is 1. The van der Waals surface area contributed by atoms with Crippen molar-refractivity contribution in [2.45, 2.75) is 13.8 Å². The number of fused-ring (bicyclic) bond motifs is 1. The zero-order valence-electron chi connectivity index (χ0n) is 14.7. The summed E-state index contributed by atoms with van der Waals surface area (Å²) in [5, 5.41) is 13.6. The fourth-order valence-electron chi connectivity index (χ4n) is 3.11. The van der Waals surface area contributed by atoms with Crippen LogP contribution in [0.4, 0.5) is 5.82 Å². The summed E-state index contributed by atoms with van der Waals surface area (Å²) in [6.07, 6.45) is 0. The molecule has 1 aromatic heterocycles. The maximum absolute atomic E-state index is 10.3. The number of phenols is 1. The van der Waals surface area contributed by atoms with E-state index in [-0.39, 0.29) is 12.5 Å². The maximum Gasteiger partial charge on any atom is 0.231 e. The molecule has 0 atom stereocenters. The van der Waals surface area contributed by atoms with Crippen LogP contribution in [0.1, 0.15) is 12.5 Å². The SMILES string of the molecule is CCNc1cc(-c2cccc3c2OCO3)cc(-c2cc(C)ccc2O)n1. The molecule has 26 heavy (non-hydrogen) atoms. The number of ether oxygens (including phenoxy) is 2. The summed E-state index contributed by atoms with van der Waals surface area (Å²) in [5.41, 5.74) is 4.36. The van der Waals surface area contributed by atoms with Crippen molar-refractivity contribution in [1.29, 1.82) is 0 Å². The molecule has 0 aliphatic carbocycles. The normalized spacial score (nSPS) is 12.2. The molecule has 0 amide bonds. The molecule has 2 heterocycles. The van der Waals surface area contributed by atoms with Gasteiger partial charge in [-0.2, -0.15) is 0 Å². The molecule has 4 rings (SSSR count). The molecule has 0 saturated heterocycles. The van der Waals surface area contributed by atoms with Crippen molar-refractivity contribution >= 4 is 5.82 Å². The number of anilines is 1. The van der Waals surface area contributed by atoms with Gasteiger partial charge < -0.3 is 19.9 Å². The summed E-state index contributed by atoms with van der Waals surface area (Å²) in [6, 6.07) is 15.3. The Hall–Kier alpha value is -3.21. The minimum atomic E-state index is 0.209. The lowest BCUT2D eigenvalue weighted by molar-refractivity contribution is 0.174. The second kappa shape index (κ2) is 6.59. The van der Waals surface area contributed by atoms with Gasteiger partial charge in [0.1, 0.15) is 11.6 Å². The van der Waals surface area contributed by atoms with E-state index in [1.54, 1.807) is 6.07 Å². The monoisotopic (exact) mass is 348 g/mol. The molecule has 0 bridgehead atoms. The summed E-state index contributed by atoms with van der Waals surface area (Å²) >= 11 is 0. The number of phenolic OH excluding ortho intramolecular Hbond substituents is 1. The number of aromatic nitrogens is 1. The molecule has 2 N–H and O–H groups in total. The molecular formula is C21H20N2O3. The molecule has 0 radical (unpaired) electrons. The molecular weight excluding hydrogens is 328 g/mol. The zero-order chi connectivity index (χ0) is 18.1.